The number of fused-ring (bicyclic) bond motifs is 1. The van der Waals surface area contributed by atoms with Crippen molar-refractivity contribution >= 4 is 22.8 Å². The van der Waals surface area contributed by atoms with Crippen LogP contribution >= 0.6 is 0 Å². The maximum Gasteiger partial charge on any atom is 0.270 e. The van der Waals surface area contributed by atoms with Crippen molar-refractivity contribution in [3.05, 3.63) is 99.7 Å². The zero-order chi connectivity index (χ0) is 21.1. The summed E-state index contributed by atoms with van der Waals surface area (Å²) in [4.78, 5) is 15.1. The number of oxime groups is 1. The van der Waals surface area contributed by atoms with E-state index in [1.165, 1.54) is 12.1 Å². The Morgan fingerprint density at radius 2 is 1.87 bits per heavy atom. The van der Waals surface area contributed by atoms with Crippen molar-refractivity contribution in [2.75, 3.05) is 0 Å². The van der Waals surface area contributed by atoms with Crippen LogP contribution in [0.5, 0.6) is 5.75 Å². The summed E-state index contributed by atoms with van der Waals surface area (Å²) >= 11 is 0. The lowest BCUT2D eigenvalue weighted by Gasteiger charge is -2.12. The second kappa shape index (κ2) is 8.00. The van der Waals surface area contributed by atoms with Crippen molar-refractivity contribution in [2.24, 2.45) is 5.16 Å². The van der Waals surface area contributed by atoms with Gasteiger partial charge < -0.3 is 10.3 Å². The fourth-order valence-corrected chi connectivity index (χ4v) is 3.44. The van der Waals surface area contributed by atoms with E-state index in [2.05, 4.69) is 10.1 Å². The topological polar surface area (TPSA) is 109 Å². The summed E-state index contributed by atoms with van der Waals surface area (Å²) in [6.45, 7) is 0. The van der Waals surface area contributed by atoms with E-state index in [9.17, 15) is 15.2 Å². The average Bonchev–Trinajstić information content (AvgIpc) is 2.76. The van der Waals surface area contributed by atoms with Crippen LogP contribution in [0.3, 0.4) is 0 Å². The molecule has 7 nitrogen and oxygen atoms in total. The van der Waals surface area contributed by atoms with Gasteiger partial charge in [-0.1, -0.05) is 35.5 Å². The normalized spacial score (nSPS) is 11.2. The standard InChI is InChI=1S/C23H17N3O4/c27-23-19(14-25-28)9-15(8-16-10-18-4-1-2-7-22(18)24-13-16)11-21(23)17-5-3-6-20(12-17)26(29)30/h1-7,9-14,27-28H,8H2. The second-order valence-corrected chi connectivity index (χ2v) is 6.85. The number of rotatable bonds is 5. The predicted molar refractivity (Wildman–Crippen MR) is 114 cm³/mol. The second-order valence-electron chi connectivity index (χ2n) is 6.85. The minimum atomic E-state index is -0.485. The quantitative estimate of drug-likeness (QED) is 0.214. The van der Waals surface area contributed by atoms with Crippen LogP contribution in [0.15, 0.2) is 78.1 Å². The summed E-state index contributed by atoms with van der Waals surface area (Å²) in [5.41, 5.74) is 3.85. The molecule has 0 saturated heterocycles. The third kappa shape index (κ3) is 3.81. The van der Waals surface area contributed by atoms with Gasteiger partial charge in [-0.15, -0.1) is 0 Å². The Hall–Kier alpha value is -4.26. The Bertz CT molecular complexity index is 1280. The van der Waals surface area contributed by atoms with Gasteiger partial charge in [-0.2, -0.15) is 0 Å². The van der Waals surface area contributed by atoms with Gasteiger partial charge in [0, 0.05) is 34.8 Å². The molecular formula is C23H17N3O4. The Morgan fingerprint density at radius 3 is 2.67 bits per heavy atom. The summed E-state index contributed by atoms with van der Waals surface area (Å²) in [5, 5.41) is 34.8. The molecule has 0 bridgehead atoms. The minimum Gasteiger partial charge on any atom is -0.507 e. The highest BCUT2D eigenvalue weighted by Crippen LogP contribution is 2.35. The molecule has 0 saturated carbocycles. The van der Waals surface area contributed by atoms with Crippen LogP contribution in [-0.2, 0) is 6.42 Å². The molecule has 0 spiro atoms. The number of para-hydroxylation sites is 1. The molecular weight excluding hydrogens is 382 g/mol. The van der Waals surface area contributed by atoms with E-state index < -0.39 is 4.92 Å². The predicted octanol–water partition coefficient (Wildman–Crippen LogP) is 4.91. The molecule has 148 valence electrons. The number of nitrogens with zero attached hydrogens (tertiary/aromatic N) is 3. The fourth-order valence-electron chi connectivity index (χ4n) is 3.44. The van der Waals surface area contributed by atoms with E-state index >= 15 is 0 Å². The summed E-state index contributed by atoms with van der Waals surface area (Å²) in [5.74, 6) is -0.117. The van der Waals surface area contributed by atoms with E-state index in [1.807, 2.05) is 30.3 Å². The first-order valence-electron chi connectivity index (χ1n) is 9.17. The third-order valence-corrected chi connectivity index (χ3v) is 4.82. The maximum absolute atomic E-state index is 11.1. The van der Waals surface area contributed by atoms with Crippen LogP contribution < -0.4 is 0 Å². The molecule has 2 N–H and O–H groups in total. The van der Waals surface area contributed by atoms with Gasteiger partial charge in [-0.05, 0) is 47.4 Å². The highest BCUT2D eigenvalue weighted by atomic mass is 16.6. The number of phenolic OH excluding ortho intramolecular Hbond substituents is 1. The Balaban J connectivity index is 1.80. The monoisotopic (exact) mass is 399 g/mol. The SMILES string of the molecule is O=[N+]([O-])c1cccc(-c2cc(Cc3cnc4ccccc4c3)cc(C=NO)c2O)c1. The van der Waals surface area contributed by atoms with E-state index in [-0.39, 0.29) is 11.4 Å². The number of aromatic nitrogens is 1. The average molecular weight is 399 g/mol. The van der Waals surface area contributed by atoms with Crippen molar-refractivity contribution < 1.29 is 15.2 Å². The van der Waals surface area contributed by atoms with Crippen molar-refractivity contribution in [1.82, 2.24) is 4.98 Å². The summed E-state index contributed by atoms with van der Waals surface area (Å²) in [6, 6.07) is 19.4. The molecule has 3 aromatic carbocycles. The van der Waals surface area contributed by atoms with Gasteiger partial charge in [0.25, 0.3) is 5.69 Å². The molecule has 0 aliphatic carbocycles. The molecule has 4 aromatic rings. The van der Waals surface area contributed by atoms with Crippen molar-refractivity contribution in [3.63, 3.8) is 0 Å². The number of benzene rings is 3. The smallest absolute Gasteiger partial charge is 0.270 e. The molecule has 7 heteroatoms. The number of hydrogen-bond donors (Lipinski definition) is 2. The van der Waals surface area contributed by atoms with E-state index in [4.69, 9.17) is 5.21 Å². The van der Waals surface area contributed by atoms with Crippen molar-refractivity contribution in [2.45, 2.75) is 6.42 Å². The number of hydrogen-bond acceptors (Lipinski definition) is 6. The van der Waals surface area contributed by atoms with Crippen LogP contribution in [0, 0.1) is 10.1 Å². The lowest BCUT2D eigenvalue weighted by molar-refractivity contribution is -0.384. The third-order valence-electron chi connectivity index (χ3n) is 4.82. The Kier molecular flexibility index (Phi) is 5.09. The van der Waals surface area contributed by atoms with Crippen LogP contribution in [0.1, 0.15) is 16.7 Å². The lowest BCUT2D eigenvalue weighted by Crippen LogP contribution is -1.96. The number of nitro groups is 1. The largest absolute Gasteiger partial charge is 0.507 e. The number of non-ortho nitro benzene ring substituents is 1. The molecule has 1 aromatic heterocycles. The van der Waals surface area contributed by atoms with Gasteiger partial charge in [-0.3, -0.25) is 15.1 Å². The van der Waals surface area contributed by atoms with Gasteiger partial charge in [-0.25, -0.2) is 0 Å². The molecule has 0 aliphatic heterocycles. The first-order valence-corrected chi connectivity index (χ1v) is 9.17. The molecule has 4 rings (SSSR count). The van der Waals surface area contributed by atoms with Gasteiger partial charge in [0.2, 0.25) is 0 Å². The van der Waals surface area contributed by atoms with E-state index in [0.29, 0.717) is 23.1 Å². The maximum atomic E-state index is 11.1. The number of pyridine rings is 1. The molecule has 0 unspecified atom stereocenters. The van der Waals surface area contributed by atoms with E-state index in [0.717, 1.165) is 28.2 Å². The zero-order valence-corrected chi connectivity index (χ0v) is 15.8. The van der Waals surface area contributed by atoms with Crippen LogP contribution in [-0.4, -0.2) is 26.4 Å². The number of nitro benzene ring substituents is 1. The van der Waals surface area contributed by atoms with Gasteiger partial charge in [0.1, 0.15) is 5.75 Å². The molecule has 0 fully saturated rings. The molecule has 30 heavy (non-hydrogen) atoms. The zero-order valence-electron chi connectivity index (χ0n) is 15.8. The summed E-state index contributed by atoms with van der Waals surface area (Å²) < 4.78 is 0. The summed E-state index contributed by atoms with van der Waals surface area (Å²) in [7, 11) is 0. The van der Waals surface area contributed by atoms with E-state index in [1.54, 1.807) is 30.5 Å². The first kappa shape index (κ1) is 19.1. The molecule has 0 amide bonds. The molecule has 0 aliphatic rings. The number of aromatic hydroxyl groups is 1. The van der Waals surface area contributed by atoms with Crippen molar-refractivity contribution in [3.8, 4) is 16.9 Å². The highest BCUT2D eigenvalue weighted by Gasteiger charge is 2.14. The highest BCUT2D eigenvalue weighted by molar-refractivity contribution is 5.89. The lowest BCUT2D eigenvalue weighted by atomic mass is 9.95. The van der Waals surface area contributed by atoms with Gasteiger partial charge in [0.15, 0.2) is 0 Å². The molecule has 0 radical (unpaired) electrons. The minimum absolute atomic E-state index is 0.0755. The van der Waals surface area contributed by atoms with Crippen LogP contribution in [0.25, 0.3) is 22.0 Å². The Labute approximate surface area is 171 Å². The first-order chi connectivity index (χ1) is 14.5. The van der Waals surface area contributed by atoms with Gasteiger partial charge >= 0.3 is 0 Å². The molecule has 0 atom stereocenters. The summed E-state index contributed by atoms with van der Waals surface area (Å²) in [6.07, 6.45) is 3.45. The molecule has 1 heterocycles. The fraction of sp³-hybridized carbons (Fsp3) is 0.0435. The number of phenols is 1. The Morgan fingerprint density at radius 1 is 1.03 bits per heavy atom. The van der Waals surface area contributed by atoms with Crippen molar-refractivity contribution in [1.29, 1.82) is 0 Å². The van der Waals surface area contributed by atoms with Gasteiger partial charge in [0.05, 0.1) is 16.7 Å². The van der Waals surface area contributed by atoms with Crippen LogP contribution in [0.2, 0.25) is 0 Å². The van der Waals surface area contributed by atoms with Crippen LogP contribution in [0.4, 0.5) is 5.69 Å².